The van der Waals surface area contributed by atoms with Crippen molar-refractivity contribution in [2.75, 3.05) is 6.54 Å². The van der Waals surface area contributed by atoms with E-state index in [2.05, 4.69) is 0 Å². The number of aromatic hydroxyl groups is 1. The number of rotatable bonds is 6. The third kappa shape index (κ3) is 4.70. The van der Waals surface area contributed by atoms with E-state index in [1.54, 1.807) is 18.2 Å². The Kier molecular flexibility index (Phi) is 4.98. The van der Waals surface area contributed by atoms with Crippen LogP contribution < -0.4 is 10.5 Å². The van der Waals surface area contributed by atoms with E-state index >= 15 is 0 Å². The first kappa shape index (κ1) is 11.9. The van der Waals surface area contributed by atoms with Crippen molar-refractivity contribution in [3.05, 3.63) is 24.3 Å². The molecular formula is C12H19NO2. The number of benzene rings is 1. The molecule has 0 saturated heterocycles. The van der Waals surface area contributed by atoms with E-state index in [1.165, 1.54) is 0 Å². The summed E-state index contributed by atoms with van der Waals surface area (Å²) in [4.78, 5) is 0. The van der Waals surface area contributed by atoms with Gasteiger partial charge in [0.05, 0.1) is 6.10 Å². The van der Waals surface area contributed by atoms with Crippen LogP contribution in [-0.4, -0.2) is 17.8 Å². The summed E-state index contributed by atoms with van der Waals surface area (Å²) in [6, 6.07) is 6.88. The smallest absolute Gasteiger partial charge is 0.123 e. The molecule has 0 aliphatic carbocycles. The van der Waals surface area contributed by atoms with Crippen molar-refractivity contribution in [3.8, 4) is 11.5 Å². The predicted octanol–water partition coefficient (Wildman–Crippen LogP) is 2.29. The molecule has 3 nitrogen and oxygen atoms in total. The second-order valence-corrected chi connectivity index (χ2v) is 3.71. The maximum absolute atomic E-state index is 9.24. The lowest BCUT2D eigenvalue weighted by atomic mass is 10.2. The highest BCUT2D eigenvalue weighted by atomic mass is 16.5. The largest absolute Gasteiger partial charge is 0.508 e. The second-order valence-electron chi connectivity index (χ2n) is 3.71. The normalized spacial score (nSPS) is 12.4. The van der Waals surface area contributed by atoms with Gasteiger partial charge in [0.25, 0.3) is 0 Å². The first-order chi connectivity index (χ1) is 7.22. The van der Waals surface area contributed by atoms with Crippen LogP contribution in [0.5, 0.6) is 11.5 Å². The number of unbranched alkanes of at least 4 members (excludes halogenated alkanes) is 1. The molecule has 1 unspecified atom stereocenters. The van der Waals surface area contributed by atoms with Gasteiger partial charge in [-0.05, 0) is 44.9 Å². The molecule has 1 rings (SSSR count). The molecule has 3 N–H and O–H groups in total. The third-order valence-electron chi connectivity index (χ3n) is 2.22. The molecule has 0 aliphatic heterocycles. The molecule has 0 aromatic heterocycles. The second kappa shape index (κ2) is 6.30. The van der Waals surface area contributed by atoms with Crippen LogP contribution in [-0.2, 0) is 0 Å². The summed E-state index contributed by atoms with van der Waals surface area (Å²) in [5.41, 5.74) is 5.41. The highest BCUT2D eigenvalue weighted by molar-refractivity contribution is 5.31. The molecule has 84 valence electrons. The molecule has 0 heterocycles. The van der Waals surface area contributed by atoms with E-state index in [0.29, 0.717) is 0 Å². The molecule has 0 amide bonds. The highest BCUT2D eigenvalue weighted by Crippen LogP contribution is 2.19. The molecule has 15 heavy (non-hydrogen) atoms. The van der Waals surface area contributed by atoms with Gasteiger partial charge in [0.2, 0.25) is 0 Å². The zero-order valence-corrected chi connectivity index (χ0v) is 9.15. The Morgan fingerprint density at radius 2 is 2.20 bits per heavy atom. The third-order valence-corrected chi connectivity index (χ3v) is 2.22. The van der Waals surface area contributed by atoms with E-state index in [1.807, 2.05) is 13.0 Å². The fraction of sp³-hybridized carbons (Fsp3) is 0.500. The summed E-state index contributed by atoms with van der Waals surface area (Å²) < 4.78 is 5.64. The fourth-order valence-electron chi connectivity index (χ4n) is 1.42. The SMILES string of the molecule is CC(CCCCN)Oc1cccc(O)c1. The van der Waals surface area contributed by atoms with Crippen molar-refractivity contribution in [1.82, 2.24) is 0 Å². The van der Waals surface area contributed by atoms with Gasteiger partial charge in [0.1, 0.15) is 11.5 Å². The molecule has 0 fully saturated rings. The molecule has 1 aromatic carbocycles. The van der Waals surface area contributed by atoms with Gasteiger partial charge < -0.3 is 15.6 Å². The molecule has 0 bridgehead atoms. The minimum Gasteiger partial charge on any atom is -0.508 e. The first-order valence-corrected chi connectivity index (χ1v) is 5.38. The maximum atomic E-state index is 9.24. The van der Waals surface area contributed by atoms with Gasteiger partial charge in [-0.2, -0.15) is 0 Å². The van der Waals surface area contributed by atoms with Crippen LogP contribution in [0.25, 0.3) is 0 Å². The van der Waals surface area contributed by atoms with Crippen LogP contribution in [0.4, 0.5) is 0 Å². The number of ether oxygens (including phenoxy) is 1. The average Bonchev–Trinajstić information content (AvgIpc) is 2.18. The molecule has 3 heteroatoms. The van der Waals surface area contributed by atoms with Crippen molar-refractivity contribution < 1.29 is 9.84 Å². The molecule has 1 aromatic rings. The predicted molar refractivity (Wildman–Crippen MR) is 61.1 cm³/mol. The summed E-state index contributed by atoms with van der Waals surface area (Å²) in [5, 5.41) is 9.24. The minimum atomic E-state index is 0.165. The molecule has 0 aliphatic rings. The molecular weight excluding hydrogens is 190 g/mol. The zero-order chi connectivity index (χ0) is 11.1. The summed E-state index contributed by atoms with van der Waals surface area (Å²) in [6.45, 7) is 2.76. The molecule has 0 spiro atoms. The van der Waals surface area contributed by atoms with Gasteiger partial charge in [-0.25, -0.2) is 0 Å². The van der Waals surface area contributed by atoms with Crippen molar-refractivity contribution >= 4 is 0 Å². The van der Waals surface area contributed by atoms with E-state index < -0.39 is 0 Å². The Hall–Kier alpha value is -1.22. The topological polar surface area (TPSA) is 55.5 Å². The molecule has 0 saturated carbocycles. The van der Waals surface area contributed by atoms with Gasteiger partial charge in [0, 0.05) is 6.07 Å². The molecule has 1 atom stereocenters. The Labute approximate surface area is 90.9 Å². The van der Waals surface area contributed by atoms with Gasteiger partial charge in [-0.15, -0.1) is 0 Å². The van der Waals surface area contributed by atoms with E-state index in [-0.39, 0.29) is 11.9 Å². The average molecular weight is 209 g/mol. The van der Waals surface area contributed by atoms with Crippen LogP contribution in [0.1, 0.15) is 26.2 Å². The Bertz CT molecular complexity index is 289. The maximum Gasteiger partial charge on any atom is 0.123 e. The number of hydrogen-bond acceptors (Lipinski definition) is 3. The van der Waals surface area contributed by atoms with Crippen molar-refractivity contribution in [1.29, 1.82) is 0 Å². The standard InChI is InChI=1S/C12H19NO2/c1-10(5-2-3-8-13)15-12-7-4-6-11(14)9-12/h4,6-7,9-10,14H,2-3,5,8,13H2,1H3. The summed E-state index contributed by atoms with van der Waals surface area (Å²) in [7, 11) is 0. The number of hydrogen-bond donors (Lipinski definition) is 2. The van der Waals surface area contributed by atoms with E-state index in [4.69, 9.17) is 10.5 Å². The fourth-order valence-corrected chi connectivity index (χ4v) is 1.42. The van der Waals surface area contributed by atoms with Crippen LogP contribution in [0, 0.1) is 0 Å². The van der Waals surface area contributed by atoms with Gasteiger partial charge in [-0.1, -0.05) is 6.07 Å². The minimum absolute atomic E-state index is 0.165. The van der Waals surface area contributed by atoms with Crippen LogP contribution in [0.2, 0.25) is 0 Å². The summed E-state index contributed by atoms with van der Waals surface area (Å²) in [5.74, 6) is 0.955. The zero-order valence-electron chi connectivity index (χ0n) is 9.15. The number of phenols is 1. The lowest BCUT2D eigenvalue weighted by Gasteiger charge is -2.14. The van der Waals surface area contributed by atoms with Crippen molar-refractivity contribution in [3.63, 3.8) is 0 Å². The van der Waals surface area contributed by atoms with Crippen molar-refractivity contribution in [2.24, 2.45) is 5.73 Å². The van der Waals surface area contributed by atoms with Crippen LogP contribution in [0.3, 0.4) is 0 Å². The number of nitrogens with two attached hydrogens (primary N) is 1. The highest BCUT2D eigenvalue weighted by Gasteiger charge is 2.03. The van der Waals surface area contributed by atoms with E-state index in [0.717, 1.165) is 31.6 Å². The Morgan fingerprint density at radius 1 is 1.40 bits per heavy atom. The van der Waals surface area contributed by atoms with Crippen LogP contribution in [0.15, 0.2) is 24.3 Å². The monoisotopic (exact) mass is 209 g/mol. The molecule has 0 radical (unpaired) electrons. The van der Waals surface area contributed by atoms with Crippen molar-refractivity contribution in [2.45, 2.75) is 32.3 Å². The van der Waals surface area contributed by atoms with Gasteiger partial charge in [0.15, 0.2) is 0 Å². The van der Waals surface area contributed by atoms with Gasteiger partial charge in [-0.3, -0.25) is 0 Å². The van der Waals surface area contributed by atoms with Gasteiger partial charge >= 0.3 is 0 Å². The Balaban J connectivity index is 2.34. The van der Waals surface area contributed by atoms with Crippen LogP contribution >= 0.6 is 0 Å². The summed E-state index contributed by atoms with van der Waals surface area (Å²) in [6.07, 6.45) is 3.27. The Morgan fingerprint density at radius 3 is 2.87 bits per heavy atom. The quantitative estimate of drug-likeness (QED) is 0.707. The number of phenolic OH excluding ortho intramolecular Hbond substituents is 1. The lowest BCUT2D eigenvalue weighted by molar-refractivity contribution is 0.206. The first-order valence-electron chi connectivity index (χ1n) is 5.38. The summed E-state index contributed by atoms with van der Waals surface area (Å²) >= 11 is 0. The van der Waals surface area contributed by atoms with E-state index in [9.17, 15) is 5.11 Å². The lowest BCUT2D eigenvalue weighted by Crippen LogP contribution is -2.12.